The number of rotatable bonds is 0. The van der Waals surface area contributed by atoms with Crippen molar-refractivity contribution in [3.8, 4) is 0 Å². The van der Waals surface area contributed by atoms with E-state index in [0.29, 0.717) is 5.41 Å². The van der Waals surface area contributed by atoms with Crippen LogP contribution in [0.25, 0.3) is 0 Å². The van der Waals surface area contributed by atoms with E-state index in [1.807, 2.05) is 0 Å². The normalized spacial score (nSPS) is 54.5. The van der Waals surface area contributed by atoms with Gasteiger partial charge in [-0.1, -0.05) is 26.7 Å². The molecule has 2 nitrogen and oxygen atoms in total. The minimum absolute atomic E-state index is 0.215. The van der Waals surface area contributed by atoms with Crippen molar-refractivity contribution in [3.05, 3.63) is 0 Å². The molecule has 1 saturated heterocycles. The Morgan fingerprint density at radius 2 is 1.52 bits per heavy atom. The van der Waals surface area contributed by atoms with Gasteiger partial charge in [0, 0.05) is 11.8 Å². The first-order chi connectivity index (χ1) is 11.1. The molecule has 0 amide bonds. The van der Waals surface area contributed by atoms with Crippen LogP contribution in [-0.4, -0.2) is 19.0 Å². The van der Waals surface area contributed by atoms with Crippen LogP contribution >= 0.6 is 0 Å². The first-order valence-electron chi connectivity index (χ1n) is 10.4. The van der Waals surface area contributed by atoms with Crippen molar-refractivity contribution in [2.24, 2.45) is 34.5 Å². The summed E-state index contributed by atoms with van der Waals surface area (Å²) >= 11 is 0. The second-order valence-corrected chi connectivity index (χ2v) is 9.85. The van der Waals surface area contributed by atoms with Crippen LogP contribution in [0.4, 0.5) is 0 Å². The molecule has 0 aromatic carbocycles. The van der Waals surface area contributed by atoms with Gasteiger partial charge in [-0.2, -0.15) is 0 Å². The molecule has 5 rings (SSSR count). The van der Waals surface area contributed by atoms with E-state index in [-0.39, 0.29) is 11.2 Å². The third-order valence-corrected chi connectivity index (χ3v) is 9.38. The fourth-order valence-electron chi connectivity index (χ4n) is 8.18. The Hall–Kier alpha value is -0.0800. The molecule has 130 valence electrons. The molecule has 1 heterocycles. The Labute approximate surface area is 141 Å². The molecule has 0 radical (unpaired) electrons. The Morgan fingerprint density at radius 1 is 0.739 bits per heavy atom. The van der Waals surface area contributed by atoms with Gasteiger partial charge in [-0.3, -0.25) is 0 Å². The SMILES string of the molecule is C[C@]12CCCC[C@@H]1CC[C@@H]1[C@@H]2CC[C@]2(C)[C@H]1CCC21OCCO1. The van der Waals surface area contributed by atoms with Crippen molar-refractivity contribution >= 4 is 0 Å². The summed E-state index contributed by atoms with van der Waals surface area (Å²) in [4.78, 5) is 0. The zero-order chi connectivity index (χ0) is 15.7. The highest BCUT2D eigenvalue weighted by Crippen LogP contribution is 2.69. The summed E-state index contributed by atoms with van der Waals surface area (Å²) in [5.41, 5.74) is 0.929. The van der Waals surface area contributed by atoms with Gasteiger partial charge in [0.15, 0.2) is 5.79 Å². The summed E-state index contributed by atoms with van der Waals surface area (Å²) in [5.74, 6) is 3.58. The molecule has 0 bridgehead atoms. The molecular formula is C21H34O2. The van der Waals surface area contributed by atoms with Gasteiger partial charge in [-0.25, -0.2) is 0 Å². The van der Waals surface area contributed by atoms with E-state index >= 15 is 0 Å². The lowest BCUT2D eigenvalue weighted by Crippen LogP contribution is -2.56. The van der Waals surface area contributed by atoms with Gasteiger partial charge in [0.25, 0.3) is 0 Å². The summed E-state index contributed by atoms with van der Waals surface area (Å²) in [6.45, 7) is 6.82. The summed E-state index contributed by atoms with van der Waals surface area (Å²) in [6, 6.07) is 0. The quantitative estimate of drug-likeness (QED) is 0.614. The molecule has 4 saturated carbocycles. The van der Waals surface area contributed by atoms with E-state index in [1.54, 1.807) is 0 Å². The molecule has 0 aromatic rings. The van der Waals surface area contributed by atoms with Crippen LogP contribution in [0.2, 0.25) is 0 Å². The van der Waals surface area contributed by atoms with Crippen LogP contribution in [0.15, 0.2) is 0 Å². The minimum Gasteiger partial charge on any atom is -0.347 e. The second kappa shape index (κ2) is 4.97. The van der Waals surface area contributed by atoms with E-state index in [1.165, 1.54) is 57.8 Å². The minimum atomic E-state index is -0.215. The molecule has 0 unspecified atom stereocenters. The first-order valence-corrected chi connectivity index (χ1v) is 10.4. The van der Waals surface area contributed by atoms with E-state index in [0.717, 1.165) is 43.3 Å². The third kappa shape index (κ3) is 1.83. The summed E-state index contributed by atoms with van der Waals surface area (Å²) in [5, 5.41) is 0. The number of ether oxygens (including phenoxy) is 2. The van der Waals surface area contributed by atoms with E-state index < -0.39 is 0 Å². The highest BCUT2D eigenvalue weighted by molar-refractivity contribution is 5.12. The highest BCUT2D eigenvalue weighted by atomic mass is 16.7. The predicted octanol–water partition coefficient (Wildman–Crippen LogP) is 5.16. The maximum absolute atomic E-state index is 6.26. The van der Waals surface area contributed by atoms with Crippen molar-refractivity contribution in [1.29, 1.82) is 0 Å². The molecule has 4 aliphatic carbocycles. The van der Waals surface area contributed by atoms with Gasteiger partial charge >= 0.3 is 0 Å². The smallest absolute Gasteiger partial charge is 0.174 e. The lowest BCUT2D eigenvalue weighted by atomic mass is 9.45. The Morgan fingerprint density at radius 3 is 2.35 bits per heavy atom. The van der Waals surface area contributed by atoms with Crippen molar-refractivity contribution in [2.75, 3.05) is 13.2 Å². The van der Waals surface area contributed by atoms with Crippen LogP contribution in [0.1, 0.15) is 78.1 Å². The first kappa shape index (κ1) is 15.2. The number of fused-ring (bicyclic) bond motifs is 6. The maximum Gasteiger partial charge on any atom is 0.174 e. The molecular weight excluding hydrogens is 284 g/mol. The summed E-state index contributed by atoms with van der Waals surface area (Å²) in [7, 11) is 0. The van der Waals surface area contributed by atoms with E-state index in [4.69, 9.17) is 9.47 Å². The van der Waals surface area contributed by atoms with Gasteiger partial charge in [0.1, 0.15) is 0 Å². The predicted molar refractivity (Wildman–Crippen MR) is 91.0 cm³/mol. The molecule has 5 aliphatic rings. The van der Waals surface area contributed by atoms with Crippen LogP contribution in [0.5, 0.6) is 0 Å². The Bertz CT molecular complexity index is 482. The fourth-order valence-corrected chi connectivity index (χ4v) is 8.18. The highest BCUT2D eigenvalue weighted by Gasteiger charge is 2.66. The summed E-state index contributed by atoms with van der Waals surface area (Å²) in [6.07, 6.45) is 14.2. The van der Waals surface area contributed by atoms with Crippen LogP contribution < -0.4 is 0 Å². The lowest BCUT2D eigenvalue weighted by Gasteiger charge is -2.61. The second-order valence-electron chi connectivity index (χ2n) is 9.85. The monoisotopic (exact) mass is 318 g/mol. The Balaban J connectivity index is 1.47. The number of hydrogen-bond acceptors (Lipinski definition) is 2. The molecule has 1 spiro atoms. The third-order valence-electron chi connectivity index (χ3n) is 9.38. The molecule has 6 atom stereocenters. The summed E-state index contributed by atoms with van der Waals surface area (Å²) < 4.78 is 12.5. The molecule has 23 heavy (non-hydrogen) atoms. The van der Waals surface area contributed by atoms with Gasteiger partial charge in [0.05, 0.1) is 13.2 Å². The maximum atomic E-state index is 6.26. The topological polar surface area (TPSA) is 18.5 Å². The van der Waals surface area contributed by atoms with Crippen LogP contribution in [0, 0.1) is 34.5 Å². The molecule has 2 heteroatoms. The van der Waals surface area contributed by atoms with Crippen molar-refractivity contribution < 1.29 is 9.47 Å². The van der Waals surface area contributed by atoms with Crippen LogP contribution in [0.3, 0.4) is 0 Å². The standard InChI is InChI=1S/C21H34O2/c1-19-10-4-3-5-15(19)6-7-16-17(19)8-11-20(2)18(16)9-12-21(20)22-13-14-23-21/h15-18H,3-14H2,1-2H3/t15-,16-,17+,18+,19+,20-/m1/s1. The molecule has 1 aliphatic heterocycles. The molecule has 5 fully saturated rings. The fraction of sp³-hybridized carbons (Fsp3) is 1.00. The van der Waals surface area contributed by atoms with Crippen molar-refractivity contribution in [2.45, 2.75) is 83.8 Å². The molecule has 0 aromatic heterocycles. The number of hydrogen-bond donors (Lipinski definition) is 0. The average molecular weight is 319 g/mol. The zero-order valence-electron chi connectivity index (χ0n) is 15.1. The van der Waals surface area contributed by atoms with Crippen molar-refractivity contribution in [3.63, 3.8) is 0 Å². The Kier molecular flexibility index (Phi) is 3.29. The lowest BCUT2D eigenvalue weighted by molar-refractivity contribution is -0.247. The van der Waals surface area contributed by atoms with E-state index in [9.17, 15) is 0 Å². The van der Waals surface area contributed by atoms with Gasteiger partial charge in [-0.05, 0) is 74.0 Å². The van der Waals surface area contributed by atoms with E-state index in [2.05, 4.69) is 13.8 Å². The zero-order valence-corrected chi connectivity index (χ0v) is 15.1. The van der Waals surface area contributed by atoms with Gasteiger partial charge < -0.3 is 9.47 Å². The largest absolute Gasteiger partial charge is 0.347 e. The molecule has 0 N–H and O–H groups in total. The van der Waals surface area contributed by atoms with Gasteiger partial charge in [-0.15, -0.1) is 0 Å². The average Bonchev–Trinajstić information content (AvgIpc) is 3.14. The van der Waals surface area contributed by atoms with Gasteiger partial charge in [0.2, 0.25) is 0 Å². The van der Waals surface area contributed by atoms with Crippen molar-refractivity contribution in [1.82, 2.24) is 0 Å². The van der Waals surface area contributed by atoms with Crippen LogP contribution in [-0.2, 0) is 9.47 Å².